The maximum absolute atomic E-state index is 15.1. The lowest BCUT2D eigenvalue weighted by Crippen LogP contribution is -2.38. The van der Waals surface area contributed by atoms with Gasteiger partial charge in [0.05, 0.1) is 24.2 Å². The molecule has 0 spiro atoms. The van der Waals surface area contributed by atoms with Crippen molar-refractivity contribution in [2.75, 3.05) is 45.2 Å². The Morgan fingerprint density at radius 1 is 1.10 bits per heavy atom. The molecule has 3 heterocycles. The zero-order valence-corrected chi connectivity index (χ0v) is 24.8. The van der Waals surface area contributed by atoms with Crippen molar-refractivity contribution in [1.82, 2.24) is 19.6 Å². The highest BCUT2D eigenvalue weighted by Gasteiger charge is 2.26. The maximum Gasteiger partial charge on any atom is 0.215 e. The van der Waals surface area contributed by atoms with E-state index in [-0.39, 0.29) is 35.6 Å². The molecule has 41 heavy (non-hydrogen) atoms. The lowest BCUT2D eigenvalue weighted by atomic mass is 9.86. The molecule has 1 saturated heterocycles. The summed E-state index contributed by atoms with van der Waals surface area (Å²) in [7, 11) is 0.0117. The summed E-state index contributed by atoms with van der Waals surface area (Å²) in [6.45, 7) is 6.92. The van der Waals surface area contributed by atoms with Gasteiger partial charge in [0.2, 0.25) is 10.0 Å². The third-order valence-corrected chi connectivity index (χ3v) is 9.30. The number of hydrogen-bond donors (Lipinski definition) is 1. The van der Waals surface area contributed by atoms with Crippen LogP contribution in [0.25, 0.3) is 11.3 Å². The normalized spacial score (nSPS) is 16.6. The topological polar surface area (TPSA) is 87.7 Å². The van der Waals surface area contributed by atoms with Crippen LogP contribution in [0.4, 0.5) is 14.5 Å². The Morgan fingerprint density at radius 2 is 1.85 bits per heavy atom. The summed E-state index contributed by atoms with van der Waals surface area (Å²) in [5.74, 6) is -0.550. The molecule has 0 unspecified atom stereocenters. The highest BCUT2D eigenvalue weighted by atomic mass is 32.2. The highest BCUT2D eigenvalue weighted by Crippen LogP contribution is 2.39. The van der Waals surface area contributed by atoms with Crippen LogP contribution in [0.3, 0.4) is 0 Å². The third-order valence-electron chi connectivity index (χ3n) is 7.99. The summed E-state index contributed by atoms with van der Waals surface area (Å²) < 4.78 is 63.2. The fourth-order valence-corrected chi connectivity index (χ4v) is 6.54. The smallest absolute Gasteiger partial charge is 0.215 e. The van der Waals surface area contributed by atoms with Gasteiger partial charge in [-0.15, -0.1) is 0 Å². The molecule has 0 atom stereocenters. The summed E-state index contributed by atoms with van der Waals surface area (Å²) in [4.78, 5) is 13.0. The van der Waals surface area contributed by atoms with Crippen LogP contribution in [-0.4, -0.2) is 69.7 Å². The van der Waals surface area contributed by atoms with Gasteiger partial charge in [0.15, 0.2) is 17.4 Å². The number of nitrogens with zero attached hydrogens (tertiary/aromatic N) is 4. The van der Waals surface area contributed by atoms with E-state index < -0.39 is 21.7 Å². The highest BCUT2D eigenvalue weighted by molar-refractivity contribution is 7.88. The summed E-state index contributed by atoms with van der Waals surface area (Å²) >= 11 is 0. The van der Waals surface area contributed by atoms with Crippen molar-refractivity contribution >= 4 is 15.7 Å². The Hall–Kier alpha value is -3.15. The Kier molecular flexibility index (Phi) is 8.58. The van der Waals surface area contributed by atoms with Gasteiger partial charge in [0, 0.05) is 18.0 Å². The predicted molar refractivity (Wildman–Crippen MR) is 156 cm³/mol. The summed E-state index contributed by atoms with van der Waals surface area (Å²) in [5.41, 5.74) is 3.49. The molecule has 1 aromatic heterocycles. The first-order chi connectivity index (χ1) is 19.5. The van der Waals surface area contributed by atoms with Crippen molar-refractivity contribution in [3.8, 4) is 17.0 Å². The van der Waals surface area contributed by atoms with Crippen molar-refractivity contribution in [1.29, 1.82) is 0 Å². The average molecular weight is 586 g/mol. The van der Waals surface area contributed by atoms with E-state index in [9.17, 15) is 8.42 Å². The molecule has 0 radical (unpaired) electrons. The van der Waals surface area contributed by atoms with Crippen LogP contribution >= 0.6 is 0 Å². The van der Waals surface area contributed by atoms with Crippen LogP contribution in [0.15, 0.2) is 36.5 Å². The van der Waals surface area contributed by atoms with Crippen molar-refractivity contribution < 1.29 is 21.9 Å². The molecule has 2 aromatic carbocycles. The number of aromatic nitrogens is 2. The molecule has 2 aliphatic heterocycles. The molecule has 220 valence electrons. The van der Waals surface area contributed by atoms with Gasteiger partial charge in [0.25, 0.3) is 0 Å². The van der Waals surface area contributed by atoms with E-state index >= 15 is 8.78 Å². The molecule has 3 aromatic rings. The Labute approximate surface area is 240 Å². The molecule has 11 heteroatoms. The molecule has 2 aliphatic rings. The van der Waals surface area contributed by atoms with Gasteiger partial charge >= 0.3 is 0 Å². The van der Waals surface area contributed by atoms with Gasteiger partial charge in [-0.3, -0.25) is 0 Å². The third kappa shape index (κ3) is 6.52. The Morgan fingerprint density at radius 3 is 2.56 bits per heavy atom. The number of hydrogen-bond acceptors (Lipinski definition) is 7. The number of nitrogens with one attached hydrogen (secondary N) is 1. The minimum Gasteiger partial charge on any atom is -0.486 e. The number of anilines is 1. The van der Waals surface area contributed by atoms with E-state index in [1.165, 1.54) is 13.1 Å². The molecule has 0 bridgehead atoms. The van der Waals surface area contributed by atoms with E-state index in [0.717, 1.165) is 48.8 Å². The standard InChI is InChI=1S/C30H37F2N5O3S/c1-19(2)37-11-12-40-30-25(31)15-22(16-27(30)37)29-26(32)17-34-28(35-29)14-20-5-6-24(21-7-9-36(4)10-8-21)23(13-20)18-41(38,39)33-3/h5-6,13,15-17,19,21,33H,7-12,14,18H2,1-4H3. The molecule has 0 saturated carbocycles. The van der Waals surface area contributed by atoms with E-state index in [1.807, 2.05) is 36.9 Å². The molecule has 0 amide bonds. The molecule has 1 N–H and O–H groups in total. The lowest BCUT2D eigenvalue weighted by Gasteiger charge is -2.34. The number of likely N-dealkylation sites (tertiary alicyclic amines) is 1. The molecule has 8 nitrogen and oxygen atoms in total. The van der Waals surface area contributed by atoms with Gasteiger partial charge < -0.3 is 14.5 Å². The summed E-state index contributed by atoms with van der Waals surface area (Å²) in [6.07, 6.45) is 3.29. The maximum atomic E-state index is 15.1. The van der Waals surface area contributed by atoms with Crippen LogP contribution in [-0.2, 0) is 22.2 Å². The fraction of sp³-hybridized carbons (Fsp3) is 0.467. The molecule has 0 aliphatic carbocycles. The van der Waals surface area contributed by atoms with Crippen LogP contribution < -0.4 is 14.4 Å². The first kappa shape index (κ1) is 29.3. The largest absolute Gasteiger partial charge is 0.486 e. The van der Waals surface area contributed by atoms with E-state index in [2.05, 4.69) is 26.6 Å². The quantitative estimate of drug-likeness (QED) is 0.417. The average Bonchev–Trinajstić information content (AvgIpc) is 2.94. The number of rotatable bonds is 8. The van der Waals surface area contributed by atoms with E-state index in [4.69, 9.17) is 4.74 Å². The SMILES string of the molecule is CNS(=O)(=O)Cc1cc(Cc2ncc(F)c(-c3cc(F)c4c(c3)N(C(C)C)CCO4)n2)ccc1C1CCN(C)CC1. The Bertz CT molecular complexity index is 1520. The molecular formula is C30H37F2N5O3S. The van der Waals surface area contributed by atoms with Crippen LogP contribution in [0.5, 0.6) is 5.75 Å². The van der Waals surface area contributed by atoms with Crippen molar-refractivity contribution in [2.24, 2.45) is 0 Å². The van der Waals surface area contributed by atoms with Gasteiger partial charge in [-0.05, 0) is 88.6 Å². The zero-order valence-electron chi connectivity index (χ0n) is 24.0. The molecular weight excluding hydrogens is 548 g/mol. The number of fused-ring (bicyclic) bond motifs is 1. The summed E-state index contributed by atoms with van der Waals surface area (Å²) in [6, 6.07) is 8.93. The van der Waals surface area contributed by atoms with Crippen LogP contribution in [0.2, 0.25) is 0 Å². The second-order valence-electron chi connectivity index (χ2n) is 11.2. The summed E-state index contributed by atoms with van der Waals surface area (Å²) in [5, 5.41) is 0. The number of benzene rings is 2. The predicted octanol–water partition coefficient (Wildman–Crippen LogP) is 4.48. The molecule has 5 rings (SSSR count). The minimum atomic E-state index is -3.50. The van der Waals surface area contributed by atoms with Crippen LogP contribution in [0, 0.1) is 11.6 Å². The van der Waals surface area contributed by atoms with Crippen molar-refractivity contribution in [3.05, 3.63) is 70.7 Å². The number of sulfonamides is 1. The lowest BCUT2D eigenvalue weighted by molar-refractivity contribution is 0.255. The van der Waals surface area contributed by atoms with Gasteiger partial charge in [0.1, 0.15) is 18.1 Å². The minimum absolute atomic E-state index is 0.00640. The zero-order chi connectivity index (χ0) is 29.3. The van der Waals surface area contributed by atoms with E-state index in [1.54, 1.807) is 6.07 Å². The number of piperidine rings is 1. The number of ether oxygens (including phenoxy) is 1. The second kappa shape index (κ2) is 12.0. The number of halogens is 2. The molecule has 1 fully saturated rings. The van der Waals surface area contributed by atoms with E-state index in [0.29, 0.717) is 30.2 Å². The van der Waals surface area contributed by atoms with Crippen molar-refractivity contribution in [2.45, 2.75) is 50.8 Å². The van der Waals surface area contributed by atoms with Gasteiger partial charge in [-0.1, -0.05) is 18.2 Å². The van der Waals surface area contributed by atoms with Crippen LogP contribution in [0.1, 0.15) is 55.1 Å². The van der Waals surface area contributed by atoms with Crippen molar-refractivity contribution in [3.63, 3.8) is 0 Å². The first-order valence-electron chi connectivity index (χ1n) is 14.0. The second-order valence-corrected chi connectivity index (χ2v) is 13.1. The fourth-order valence-electron chi connectivity index (χ4n) is 5.74. The Balaban J connectivity index is 1.47. The monoisotopic (exact) mass is 585 g/mol. The van der Waals surface area contributed by atoms with Gasteiger partial charge in [-0.2, -0.15) is 0 Å². The first-order valence-corrected chi connectivity index (χ1v) is 15.7. The van der Waals surface area contributed by atoms with Gasteiger partial charge in [-0.25, -0.2) is 31.9 Å².